The Bertz CT molecular complexity index is 1440. The van der Waals surface area contributed by atoms with Gasteiger partial charge in [-0.15, -0.1) is 11.3 Å². The molecular weight excluding hydrogens is 509 g/mol. The smallest absolute Gasteiger partial charge is 0.361 e. The first-order valence-corrected chi connectivity index (χ1v) is 13.8. The number of imidazole rings is 1. The highest BCUT2D eigenvalue weighted by Crippen LogP contribution is 2.37. The Morgan fingerprint density at radius 2 is 1.89 bits per heavy atom. The van der Waals surface area contributed by atoms with E-state index in [9.17, 15) is 21.6 Å². The number of nitrogens with zero attached hydrogens (tertiary/aromatic N) is 4. The van der Waals surface area contributed by atoms with Crippen LogP contribution in [0.1, 0.15) is 28.8 Å². The van der Waals surface area contributed by atoms with Gasteiger partial charge < -0.3 is 4.90 Å². The minimum Gasteiger partial charge on any atom is -0.361 e. The normalized spacial score (nSPS) is 17.3. The third-order valence-electron chi connectivity index (χ3n) is 6.60. The molecule has 0 fully saturated rings. The zero-order valence-electron chi connectivity index (χ0n) is 19.5. The van der Waals surface area contributed by atoms with E-state index in [4.69, 9.17) is 0 Å². The van der Waals surface area contributed by atoms with E-state index >= 15 is 0 Å². The van der Waals surface area contributed by atoms with E-state index in [0.29, 0.717) is 29.3 Å². The van der Waals surface area contributed by atoms with Crippen molar-refractivity contribution in [1.29, 1.82) is 0 Å². The van der Waals surface area contributed by atoms with Gasteiger partial charge in [-0.1, -0.05) is 42.5 Å². The number of aryl methyl sites for hydroxylation is 2. The Hall–Kier alpha value is -2.89. The van der Waals surface area contributed by atoms with E-state index in [-0.39, 0.29) is 13.1 Å². The summed E-state index contributed by atoms with van der Waals surface area (Å²) in [6, 6.07) is 14.7. The monoisotopic (exact) mass is 534 g/mol. The summed E-state index contributed by atoms with van der Waals surface area (Å²) in [5.74, 6) is 0. The highest BCUT2D eigenvalue weighted by Gasteiger charge is 2.51. The fraction of sp³-hybridized carbons (Fsp3) is 0.320. The Morgan fingerprint density at radius 3 is 2.61 bits per heavy atom. The first-order valence-electron chi connectivity index (χ1n) is 11.5. The number of benzene rings is 2. The summed E-state index contributed by atoms with van der Waals surface area (Å²) in [6.07, 6.45) is 4.89. The lowest BCUT2D eigenvalue weighted by molar-refractivity contribution is -0.0492. The van der Waals surface area contributed by atoms with Crippen LogP contribution in [-0.2, 0) is 29.5 Å². The number of hydrogen-bond acceptors (Lipinski definition) is 5. The minimum atomic E-state index is -5.52. The Morgan fingerprint density at radius 1 is 1.11 bits per heavy atom. The number of thiazole rings is 1. The Kier molecular flexibility index (Phi) is 6.56. The number of alkyl halides is 3. The van der Waals surface area contributed by atoms with Crippen LogP contribution in [-0.4, -0.2) is 40.2 Å². The van der Waals surface area contributed by atoms with E-state index < -0.39 is 21.6 Å². The highest BCUT2D eigenvalue weighted by atomic mass is 32.2. The van der Waals surface area contributed by atoms with Gasteiger partial charge in [0.05, 0.1) is 12.2 Å². The zero-order chi connectivity index (χ0) is 25.5. The van der Waals surface area contributed by atoms with Crippen molar-refractivity contribution in [1.82, 2.24) is 13.7 Å². The van der Waals surface area contributed by atoms with Crippen molar-refractivity contribution in [2.24, 2.45) is 0 Å². The Balaban J connectivity index is 1.58. The number of aromatic nitrogens is 2. The van der Waals surface area contributed by atoms with Gasteiger partial charge in [0.1, 0.15) is 0 Å². The largest absolute Gasteiger partial charge is 0.511 e. The van der Waals surface area contributed by atoms with Gasteiger partial charge in [0.15, 0.2) is 4.96 Å². The molecule has 3 heterocycles. The molecule has 0 spiro atoms. The molecule has 1 unspecified atom stereocenters. The third-order valence-corrected chi connectivity index (χ3v) is 8.92. The number of halogens is 3. The highest BCUT2D eigenvalue weighted by molar-refractivity contribution is 7.89. The lowest BCUT2D eigenvalue weighted by Gasteiger charge is -2.34. The van der Waals surface area contributed by atoms with Crippen LogP contribution in [0.25, 0.3) is 4.96 Å². The first kappa shape index (κ1) is 24.8. The first-order chi connectivity index (χ1) is 17.1. The van der Waals surface area contributed by atoms with E-state index in [1.165, 1.54) is 11.3 Å². The molecule has 0 radical (unpaired) electrons. The number of hydrogen-bond donors (Lipinski definition) is 0. The molecule has 0 bridgehead atoms. The molecule has 0 saturated heterocycles. The van der Waals surface area contributed by atoms with Crippen LogP contribution in [0, 0.1) is 6.92 Å². The molecule has 11 heteroatoms. The maximum atomic E-state index is 13.7. The predicted molar refractivity (Wildman–Crippen MR) is 134 cm³/mol. The number of fused-ring (bicyclic) bond motifs is 2. The molecule has 2 aromatic heterocycles. The fourth-order valence-electron chi connectivity index (χ4n) is 4.73. The van der Waals surface area contributed by atoms with Gasteiger partial charge in [-0.3, -0.25) is 4.40 Å². The molecule has 0 amide bonds. The van der Waals surface area contributed by atoms with Gasteiger partial charge in [0, 0.05) is 42.6 Å². The van der Waals surface area contributed by atoms with E-state index in [0.717, 1.165) is 27.5 Å². The van der Waals surface area contributed by atoms with Crippen LogP contribution >= 0.6 is 11.3 Å². The van der Waals surface area contributed by atoms with Crippen LogP contribution in [0.4, 0.5) is 18.9 Å². The van der Waals surface area contributed by atoms with Gasteiger partial charge in [0.25, 0.3) is 0 Å². The average molecular weight is 535 g/mol. The third kappa shape index (κ3) is 4.74. The van der Waals surface area contributed by atoms with Crippen LogP contribution in [0.3, 0.4) is 0 Å². The minimum absolute atomic E-state index is 0.273. The molecule has 0 saturated carbocycles. The van der Waals surface area contributed by atoms with Crippen molar-refractivity contribution < 1.29 is 21.6 Å². The van der Waals surface area contributed by atoms with Crippen LogP contribution in [0.2, 0.25) is 0 Å². The lowest BCUT2D eigenvalue weighted by atomic mass is 10.0. The van der Waals surface area contributed by atoms with Crippen LogP contribution in [0.15, 0.2) is 66.3 Å². The van der Waals surface area contributed by atoms with E-state index in [1.54, 1.807) is 13.0 Å². The molecule has 2 aromatic carbocycles. The zero-order valence-corrected chi connectivity index (χ0v) is 21.2. The standard InChI is InChI=1S/C25H25F3N4O2S2/c1-18-6-5-9-23-22(18)17-31(36(33,34)25(26,27)28)16-21(11-10-19-7-3-2-4-8-19)32(23)15-20-14-30-12-13-35-24(30)29-20/h2-9,12-14,21H,10-11,15-17H2,1H3. The van der Waals surface area contributed by atoms with Crippen molar-refractivity contribution >= 4 is 32.0 Å². The topological polar surface area (TPSA) is 57.9 Å². The van der Waals surface area contributed by atoms with Crippen molar-refractivity contribution in [3.8, 4) is 0 Å². The molecule has 0 aliphatic carbocycles. The number of rotatable bonds is 6. The Labute approximate surface area is 211 Å². The molecule has 1 aliphatic heterocycles. The SMILES string of the molecule is Cc1cccc2c1CN(S(=O)(=O)C(F)(F)F)CC(CCc1ccccc1)N2Cc1cn2ccsc2n1. The molecule has 190 valence electrons. The second-order valence-electron chi connectivity index (χ2n) is 8.95. The maximum absolute atomic E-state index is 13.7. The summed E-state index contributed by atoms with van der Waals surface area (Å²) < 4.78 is 68.8. The lowest BCUT2D eigenvalue weighted by Crippen LogP contribution is -2.47. The summed E-state index contributed by atoms with van der Waals surface area (Å²) in [4.78, 5) is 7.54. The molecule has 6 nitrogen and oxygen atoms in total. The average Bonchev–Trinajstić information content (AvgIpc) is 3.38. The number of sulfonamides is 1. The quantitative estimate of drug-likeness (QED) is 0.334. The molecule has 4 aromatic rings. The summed E-state index contributed by atoms with van der Waals surface area (Å²) in [7, 11) is -5.52. The molecule has 0 N–H and O–H groups in total. The molecule has 36 heavy (non-hydrogen) atoms. The predicted octanol–water partition coefficient (Wildman–Crippen LogP) is 5.38. The van der Waals surface area contributed by atoms with Crippen molar-refractivity contribution in [2.75, 3.05) is 11.4 Å². The van der Waals surface area contributed by atoms with Gasteiger partial charge in [-0.25, -0.2) is 13.4 Å². The molecule has 5 rings (SSSR count). The van der Waals surface area contributed by atoms with Gasteiger partial charge in [0.2, 0.25) is 0 Å². The fourth-order valence-corrected chi connectivity index (χ4v) is 6.41. The van der Waals surface area contributed by atoms with Crippen molar-refractivity contribution in [3.63, 3.8) is 0 Å². The molecule has 1 aliphatic rings. The van der Waals surface area contributed by atoms with Crippen LogP contribution in [0.5, 0.6) is 0 Å². The summed E-state index contributed by atoms with van der Waals surface area (Å²) in [5.41, 5.74) is -1.50. The summed E-state index contributed by atoms with van der Waals surface area (Å²) >= 11 is 1.50. The van der Waals surface area contributed by atoms with Gasteiger partial charge >= 0.3 is 15.5 Å². The van der Waals surface area contributed by atoms with E-state index in [2.05, 4.69) is 4.98 Å². The second-order valence-corrected chi connectivity index (χ2v) is 11.7. The van der Waals surface area contributed by atoms with Gasteiger partial charge in [-0.2, -0.15) is 17.5 Å². The number of anilines is 1. The molecular formula is C25H25F3N4O2S2. The molecule has 1 atom stereocenters. The summed E-state index contributed by atoms with van der Waals surface area (Å²) in [5, 5.41) is 1.93. The summed E-state index contributed by atoms with van der Waals surface area (Å²) in [6.45, 7) is 1.54. The second kappa shape index (κ2) is 9.53. The van der Waals surface area contributed by atoms with Crippen LogP contribution < -0.4 is 4.90 Å². The maximum Gasteiger partial charge on any atom is 0.511 e. The van der Waals surface area contributed by atoms with Crippen molar-refractivity contribution in [3.05, 3.63) is 88.7 Å². The van der Waals surface area contributed by atoms with E-state index in [1.807, 2.05) is 69.5 Å². The van der Waals surface area contributed by atoms with Gasteiger partial charge in [-0.05, 0) is 42.5 Å². The van der Waals surface area contributed by atoms with Crippen molar-refractivity contribution in [2.45, 2.75) is 44.4 Å².